The van der Waals surface area contributed by atoms with Crippen LogP contribution in [0.25, 0.3) is 0 Å². The Labute approximate surface area is 212 Å². The number of likely N-dealkylation sites (N-methyl/N-ethyl adjacent to an activating group) is 1. The molecule has 0 bridgehead atoms. The molecule has 7 heteroatoms. The van der Waals surface area contributed by atoms with Crippen LogP contribution in [0.4, 0.5) is 0 Å². The van der Waals surface area contributed by atoms with E-state index in [2.05, 4.69) is 5.32 Å². The van der Waals surface area contributed by atoms with Crippen LogP contribution in [0.15, 0.2) is 72.8 Å². The van der Waals surface area contributed by atoms with E-state index in [0.29, 0.717) is 25.8 Å². The van der Waals surface area contributed by atoms with Crippen molar-refractivity contribution in [2.75, 3.05) is 13.1 Å². The Hall–Kier alpha value is -3.74. The number of amides is 4. The molecule has 0 radical (unpaired) electrons. The molecule has 1 heterocycles. The van der Waals surface area contributed by atoms with Crippen LogP contribution >= 0.6 is 0 Å². The number of nitrogens with zero attached hydrogens (tertiary/aromatic N) is 2. The number of allylic oxidation sites excluding steroid dienone is 2. The van der Waals surface area contributed by atoms with E-state index < -0.39 is 6.04 Å². The molecule has 1 N–H and O–H groups in total. The SMILES string of the molecule is CCNC(=O)C(Cc1ccccc1)N(Cc1ccccc1)C(=O)CCN1C(=O)[C@H]2CC=CC[C@H]2C1=O. The molecule has 4 amide bonds. The van der Waals surface area contributed by atoms with E-state index in [4.69, 9.17) is 0 Å². The van der Waals surface area contributed by atoms with E-state index in [-0.39, 0.29) is 55.0 Å². The highest BCUT2D eigenvalue weighted by atomic mass is 16.2. The third-order valence-corrected chi connectivity index (χ3v) is 6.97. The first kappa shape index (κ1) is 25.4. The first-order chi connectivity index (χ1) is 17.5. The summed E-state index contributed by atoms with van der Waals surface area (Å²) in [6.07, 6.45) is 5.36. The van der Waals surface area contributed by atoms with Gasteiger partial charge >= 0.3 is 0 Å². The molecule has 2 aromatic rings. The van der Waals surface area contributed by atoms with Gasteiger partial charge in [0.05, 0.1) is 11.8 Å². The Kier molecular flexibility index (Phi) is 8.31. The molecule has 2 aromatic carbocycles. The molecule has 36 heavy (non-hydrogen) atoms. The lowest BCUT2D eigenvalue weighted by atomic mass is 9.85. The molecule has 1 fully saturated rings. The van der Waals surface area contributed by atoms with E-state index in [1.54, 1.807) is 4.90 Å². The van der Waals surface area contributed by atoms with Gasteiger partial charge in [-0.25, -0.2) is 0 Å². The Morgan fingerprint density at radius 1 is 0.917 bits per heavy atom. The molecule has 7 nitrogen and oxygen atoms in total. The molecule has 4 rings (SSSR count). The number of rotatable bonds is 10. The van der Waals surface area contributed by atoms with Gasteiger partial charge in [-0.05, 0) is 30.9 Å². The second-order valence-corrected chi connectivity index (χ2v) is 9.34. The summed E-state index contributed by atoms with van der Waals surface area (Å²) in [6, 6.07) is 18.4. The maximum absolute atomic E-state index is 13.7. The fourth-order valence-corrected chi connectivity index (χ4v) is 5.07. The fourth-order valence-electron chi connectivity index (χ4n) is 5.07. The topological polar surface area (TPSA) is 86.8 Å². The standard InChI is InChI=1S/C29H33N3O4/c1-2-30-27(34)25(19-21-11-5-3-6-12-21)32(20-22-13-7-4-8-14-22)26(33)17-18-31-28(35)23-15-9-10-16-24(23)29(31)36/h3-14,23-25H,2,15-20H2,1H3,(H,30,34)/t23-,24+,25?. The van der Waals surface area contributed by atoms with E-state index in [0.717, 1.165) is 11.1 Å². The molecule has 1 aliphatic heterocycles. The van der Waals surface area contributed by atoms with Gasteiger partial charge in [0, 0.05) is 32.5 Å². The molecule has 1 unspecified atom stereocenters. The normalized spacial score (nSPS) is 19.6. The number of likely N-dealkylation sites (tertiary alicyclic amines) is 1. The van der Waals surface area contributed by atoms with Crippen LogP contribution in [0.5, 0.6) is 0 Å². The zero-order valence-electron chi connectivity index (χ0n) is 20.6. The number of carbonyl (C=O) groups excluding carboxylic acids is 4. The molecule has 0 saturated carbocycles. The third-order valence-electron chi connectivity index (χ3n) is 6.97. The second-order valence-electron chi connectivity index (χ2n) is 9.34. The van der Waals surface area contributed by atoms with Crippen LogP contribution in [0.3, 0.4) is 0 Å². The number of nitrogens with one attached hydrogen (secondary N) is 1. The van der Waals surface area contributed by atoms with Crippen molar-refractivity contribution < 1.29 is 19.2 Å². The lowest BCUT2D eigenvalue weighted by Crippen LogP contribution is -2.51. The third kappa shape index (κ3) is 5.73. The molecular formula is C29H33N3O4. The maximum atomic E-state index is 13.7. The quantitative estimate of drug-likeness (QED) is 0.412. The molecule has 2 aliphatic rings. The highest BCUT2D eigenvalue weighted by molar-refractivity contribution is 6.05. The highest BCUT2D eigenvalue weighted by Gasteiger charge is 2.47. The van der Waals surface area contributed by atoms with Crippen molar-refractivity contribution in [1.82, 2.24) is 15.1 Å². The minimum Gasteiger partial charge on any atom is -0.355 e. The summed E-state index contributed by atoms with van der Waals surface area (Å²) in [5.74, 6) is -1.52. The summed E-state index contributed by atoms with van der Waals surface area (Å²) in [6.45, 7) is 2.58. The van der Waals surface area contributed by atoms with Crippen LogP contribution in [0, 0.1) is 11.8 Å². The number of hydrogen-bond acceptors (Lipinski definition) is 4. The summed E-state index contributed by atoms with van der Waals surface area (Å²) >= 11 is 0. The minimum atomic E-state index is -0.725. The predicted molar refractivity (Wildman–Crippen MR) is 136 cm³/mol. The summed E-state index contributed by atoms with van der Waals surface area (Å²) < 4.78 is 0. The summed E-state index contributed by atoms with van der Waals surface area (Å²) in [4.78, 5) is 55.4. The van der Waals surface area contributed by atoms with Crippen molar-refractivity contribution in [2.45, 2.75) is 45.2 Å². The Morgan fingerprint density at radius 2 is 1.47 bits per heavy atom. The fraction of sp³-hybridized carbons (Fsp3) is 0.379. The Balaban J connectivity index is 1.55. The Bertz CT molecular complexity index is 1090. The minimum absolute atomic E-state index is 0.0259. The van der Waals surface area contributed by atoms with Crippen LogP contribution in [0.2, 0.25) is 0 Å². The van der Waals surface area contributed by atoms with E-state index in [9.17, 15) is 19.2 Å². The van der Waals surface area contributed by atoms with Gasteiger partial charge in [0.2, 0.25) is 23.6 Å². The second kappa shape index (κ2) is 11.8. The number of carbonyl (C=O) groups is 4. The molecule has 0 aromatic heterocycles. The summed E-state index contributed by atoms with van der Waals surface area (Å²) in [5.41, 5.74) is 1.85. The number of imide groups is 1. The van der Waals surface area contributed by atoms with Gasteiger partial charge in [-0.3, -0.25) is 24.1 Å². The average Bonchev–Trinajstić information content (AvgIpc) is 3.15. The van der Waals surface area contributed by atoms with Gasteiger partial charge < -0.3 is 10.2 Å². The van der Waals surface area contributed by atoms with Gasteiger partial charge in [-0.2, -0.15) is 0 Å². The molecule has 188 valence electrons. The van der Waals surface area contributed by atoms with Gasteiger partial charge in [-0.15, -0.1) is 0 Å². The summed E-state index contributed by atoms with van der Waals surface area (Å²) in [7, 11) is 0. The van der Waals surface area contributed by atoms with Crippen molar-refractivity contribution in [3.8, 4) is 0 Å². The van der Waals surface area contributed by atoms with Crippen LogP contribution in [-0.4, -0.2) is 52.6 Å². The van der Waals surface area contributed by atoms with Gasteiger partial charge in [0.25, 0.3) is 0 Å². The highest BCUT2D eigenvalue weighted by Crippen LogP contribution is 2.35. The van der Waals surface area contributed by atoms with Crippen LogP contribution in [-0.2, 0) is 32.1 Å². The first-order valence-corrected chi connectivity index (χ1v) is 12.6. The zero-order valence-corrected chi connectivity index (χ0v) is 20.6. The maximum Gasteiger partial charge on any atom is 0.243 e. The molecule has 0 spiro atoms. The van der Waals surface area contributed by atoms with Crippen molar-refractivity contribution in [2.24, 2.45) is 11.8 Å². The van der Waals surface area contributed by atoms with E-state index in [1.165, 1.54) is 4.90 Å². The van der Waals surface area contributed by atoms with Crippen LogP contribution < -0.4 is 5.32 Å². The van der Waals surface area contributed by atoms with Crippen molar-refractivity contribution >= 4 is 23.6 Å². The first-order valence-electron chi connectivity index (χ1n) is 12.6. The Morgan fingerprint density at radius 3 is 2.03 bits per heavy atom. The average molecular weight is 488 g/mol. The number of fused-ring (bicyclic) bond motifs is 1. The van der Waals surface area contributed by atoms with Gasteiger partial charge in [-0.1, -0.05) is 72.8 Å². The predicted octanol–water partition coefficient (Wildman–Crippen LogP) is 3.10. The largest absolute Gasteiger partial charge is 0.355 e. The molecule has 1 aliphatic carbocycles. The van der Waals surface area contributed by atoms with E-state index in [1.807, 2.05) is 79.7 Å². The molecular weight excluding hydrogens is 454 g/mol. The molecule has 1 saturated heterocycles. The van der Waals surface area contributed by atoms with Gasteiger partial charge in [0.15, 0.2) is 0 Å². The zero-order chi connectivity index (χ0) is 25.5. The van der Waals surface area contributed by atoms with Crippen LogP contribution in [0.1, 0.15) is 37.3 Å². The van der Waals surface area contributed by atoms with Crippen molar-refractivity contribution in [3.63, 3.8) is 0 Å². The monoisotopic (exact) mass is 487 g/mol. The van der Waals surface area contributed by atoms with Gasteiger partial charge in [0.1, 0.15) is 6.04 Å². The molecule has 3 atom stereocenters. The summed E-state index contributed by atoms with van der Waals surface area (Å²) in [5, 5.41) is 2.87. The van der Waals surface area contributed by atoms with Crippen molar-refractivity contribution in [3.05, 3.63) is 83.9 Å². The smallest absolute Gasteiger partial charge is 0.243 e. The lowest BCUT2D eigenvalue weighted by molar-refractivity contribution is -0.144. The number of benzene rings is 2. The van der Waals surface area contributed by atoms with E-state index >= 15 is 0 Å². The van der Waals surface area contributed by atoms with Crippen molar-refractivity contribution in [1.29, 1.82) is 0 Å². The number of hydrogen-bond donors (Lipinski definition) is 1. The lowest BCUT2D eigenvalue weighted by Gasteiger charge is -2.32.